The normalized spacial score (nSPS) is 14.6. The highest BCUT2D eigenvalue weighted by molar-refractivity contribution is 6.03. The molecule has 5 heteroatoms. The van der Waals surface area contributed by atoms with E-state index in [0.717, 1.165) is 42.7 Å². The van der Waals surface area contributed by atoms with E-state index in [4.69, 9.17) is 0 Å². The molecule has 0 saturated carbocycles. The van der Waals surface area contributed by atoms with Gasteiger partial charge in [-0.15, -0.1) is 0 Å². The minimum Gasteiger partial charge on any atom is -0.341 e. The van der Waals surface area contributed by atoms with Gasteiger partial charge in [0.1, 0.15) is 5.69 Å². The van der Waals surface area contributed by atoms with Gasteiger partial charge >= 0.3 is 0 Å². The number of rotatable bonds is 3. The number of piperidine rings is 1. The van der Waals surface area contributed by atoms with E-state index in [-0.39, 0.29) is 5.91 Å². The zero-order chi connectivity index (χ0) is 16.2. The van der Waals surface area contributed by atoms with Gasteiger partial charge in [-0.05, 0) is 62.4 Å². The third kappa shape index (κ3) is 3.86. The van der Waals surface area contributed by atoms with E-state index < -0.39 is 0 Å². The summed E-state index contributed by atoms with van der Waals surface area (Å²) >= 11 is 0. The highest BCUT2D eigenvalue weighted by Gasteiger charge is 2.16. The fraction of sp³-hybridized carbons (Fsp3) is 0.389. The lowest BCUT2D eigenvalue weighted by Gasteiger charge is -2.26. The summed E-state index contributed by atoms with van der Waals surface area (Å²) in [6, 6.07) is 7.65. The number of benzene rings is 1. The second kappa shape index (κ2) is 6.77. The molecule has 3 rings (SSSR count). The van der Waals surface area contributed by atoms with Crippen molar-refractivity contribution in [1.29, 1.82) is 0 Å². The average Bonchev–Trinajstić information content (AvgIpc) is 2.55. The van der Waals surface area contributed by atoms with Crippen molar-refractivity contribution in [2.45, 2.75) is 33.1 Å². The van der Waals surface area contributed by atoms with E-state index >= 15 is 0 Å². The van der Waals surface area contributed by atoms with Gasteiger partial charge in [-0.25, -0.2) is 9.97 Å². The molecule has 1 aromatic carbocycles. The van der Waals surface area contributed by atoms with Crippen LogP contribution in [0.2, 0.25) is 0 Å². The summed E-state index contributed by atoms with van der Waals surface area (Å²) in [5, 5.41) is 2.92. The molecule has 0 aliphatic carbocycles. The molecule has 0 radical (unpaired) electrons. The van der Waals surface area contributed by atoms with Crippen molar-refractivity contribution in [2.24, 2.45) is 0 Å². The maximum absolute atomic E-state index is 12.5. The van der Waals surface area contributed by atoms with Gasteiger partial charge < -0.3 is 10.2 Å². The molecule has 1 amide bonds. The Kier molecular flexibility index (Phi) is 4.55. The van der Waals surface area contributed by atoms with Gasteiger partial charge in [0.15, 0.2) is 0 Å². The van der Waals surface area contributed by atoms with Crippen LogP contribution < -0.4 is 10.2 Å². The second-order valence-electron chi connectivity index (χ2n) is 6.12. The molecule has 1 fully saturated rings. The van der Waals surface area contributed by atoms with Crippen molar-refractivity contribution < 1.29 is 4.79 Å². The fourth-order valence-corrected chi connectivity index (χ4v) is 2.96. The molecular formula is C18H22N4O. The number of carbonyl (C=O) groups is 1. The van der Waals surface area contributed by atoms with Crippen LogP contribution in [-0.4, -0.2) is 29.0 Å². The highest BCUT2D eigenvalue weighted by atomic mass is 16.1. The molecule has 1 N–H and O–H groups in total. The van der Waals surface area contributed by atoms with E-state index in [1.54, 1.807) is 12.3 Å². The number of aromatic nitrogens is 2. The Labute approximate surface area is 136 Å². The van der Waals surface area contributed by atoms with Gasteiger partial charge in [-0.1, -0.05) is 6.07 Å². The van der Waals surface area contributed by atoms with Crippen LogP contribution in [0.15, 0.2) is 30.5 Å². The predicted octanol–water partition coefficient (Wildman–Crippen LogP) is 3.34. The van der Waals surface area contributed by atoms with Gasteiger partial charge in [0.2, 0.25) is 5.95 Å². The van der Waals surface area contributed by atoms with E-state index in [9.17, 15) is 4.79 Å². The summed E-state index contributed by atoms with van der Waals surface area (Å²) in [5.74, 6) is 0.452. The fourth-order valence-electron chi connectivity index (χ4n) is 2.96. The zero-order valence-electron chi connectivity index (χ0n) is 13.7. The molecule has 2 heterocycles. The SMILES string of the molecule is Cc1cc(C)cc(NC(=O)c2ccnc(N3CCCCC3)n2)c1. The third-order valence-electron chi connectivity index (χ3n) is 3.99. The van der Waals surface area contributed by atoms with Crippen LogP contribution in [0.25, 0.3) is 0 Å². The molecule has 0 bridgehead atoms. The number of hydrogen-bond acceptors (Lipinski definition) is 4. The zero-order valence-corrected chi connectivity index (χ0v) is 13.7. The number of anilines is 2. The Morgan fingerprint density at radius 2 is 1.78 bits per heavy atom. The number of hydrogen-bond donors (Lipinski definition) is 1. The Hall–Kier alpha value is -2.43. The Morgan fingerprint density at radius 3 is 2.48 bits per heavy atom. The van der Waals surface area contributed by atoms with Crippen molar-refractivity contribution >= 4 is 17.5 Å². The summed E-state index contributed by atoms with van der Waals surface area (Å²) in [4.78, 5) is 23.4. The van der Waals surface area contributed by atoms with Crippen LogP contribution in [0.1, 0.15) is 40.9 Å². The minimum atomic E-state index is -0.198. The van der Waals surface area contributed by atoms with Gasteiger partial charge in [0.05, 0.1) is 0 Å². The first-order valence-electron chi connectivity index (χ1n) is 8.09. The first kappa shape index (κ1) is 15.5. The lowest BCUT2D eigenvalue weighted by atomic mass is 10.1. The molecule has 0 unspecified atom stereocenters. The molecule has 2 aromatic rings. The molecule has 120 valence electrons. The molecule has 23 heavy (non-hydrogen) atoms. The Morgan fingerprint density at radius 1 is 1.09 bits per heavy atom. The molecule has 0 atom stereocenters. The summed E-state index contributed by atoms with van der Waals surface area (Å²) in [6.45, 7) is 5.95. The Balaban J connectivity index is 1.76. The van der Waals surface area contributed by atoms with Gasteiger partial charge in [-0.3, -0.25) is 4.79 Å². The van der Waals surface area contributed by atoms with Gasteiger partial charge in [-0.2, -0.15) is 0 Å². The maximum atomic E-state index is 12.5. The second-order valence-corrected chi connectivity index (χ2v) is 6.12. The number of aryl methyl sites for hydroxylation is 2. The monoisotopic (exact) mass is 310 g/mol. The summed E-state index contributed by atoms with van der Waals surface area (Å²) in [7, 11) is 0. The largest absolute Gasteiger partial charge is 0.341 e. The first-order valence-corrected chi connectivity index (χ1v) is 8.09. The number of nitrogens with zero attached hydrogens (tertiary/aromatic N) is 3. The topological polar surface area (TPSA) is 58.1 Å². The van der Waals surface area contributed by atoms with E-state index in [1.165, 1.54) is 6.42 Å². The smallest absolute Gasteiger partial charge is 0.274 e. The van der Waals surface area contributed by atoms with Crippen LogP contribution in [0.4, 0.5) is 11.6 Å². The molecule has 0 spiro atoms. The van der Waals surface area contributed by atoms with Crippen LogP contribution in [0, 0.1) is 13.8 Å². The van der Waals surface area contributed by atoms with Crippen molar-refractivity contribution in [3.63, 3.8) is 0 Å². The van der Waals surface area contributed by atoms with Gasteiger partial charge in [0, 0.05) is 25.0 Å². The molecule has 1 aliphatic heterocycles. The molecule has 1 aliphatic rings. The quantitative estimate of drug-likeness (QED) is 0.944. The van der Waals surface area contributed by atoms with Crippen molar-refractivity contribution in [1.82, 2.24) is 9.97 Å². The van der Waals surface area contributed by atoms with Crippen LogP contribution in [0.5, 0.6) is 0 Å². The maximum Gasteiger partial charge on any atom is 0.274 e. The van der Waals surface area contributed by atoms with Crippen molar-refractivity contribution in [3.8, 4) is 0 Å². The standard InChI is InChI=1S/C18H22N4O/c1-13-10-14(2)12-15(11-13)20-17(23)16-6-7-19-18(21-16)22-8-4-3-5-9-22/h6-7,10-12H,3-5,8-9H2,1-2H3,(H,20,23). The molecule has 5 nitrogen and oxygen atoms in total. The molecular weight excluding hydrogens is 288 g/mol. The predicted molar refractivity (Wildman–Crippen MR) is 92.0 cm³/mol. The highest BCUT2D eigenvalue weighted by Crippen LogP contribution is 2.17. The number of carbonyl (C=O) groups excluding carboxylic acids is 1. The number of nitrogens with one attached hydrogen (secondary N) is 1. The summed E-state index contributed by atoms with van der Waals surface area (Å²) < 4.78 is 0. The lowest BCUT2D eigenvalue weighted by molar-refractivity contribution is 0.102. The summed E-state index contributed by atoms with van der Waals surface area (Å²) in [5.41, 5.74) is 3.44. The van der Waals surface area contributed by atoms with E-state index in [2.05, 4.69) is 26.3 Å². The molecule has 1 saturated heterocycles. The minimum absolute atomic E-state index is 0.198. The van der Waals surface area contributed by atoms with Crippen LogP contribution in [0.3, 0.4) is 0 Å². The van der Waals surface area contributed by atoms with Crippen molar-refractivity contribution in [2.75, 3.05) is 23.3 Å². The van der Waals surface area contributed by atoms with E-state index in [1.807, 2.05) is 26.0 Å². The lowest BCUT2D eigenvalue weighted by Crippen LogP contribution is -2.31. The summed E-state index contributed by atoms with van der Waals surface area (Å²) in [6.07, 6.45) is 5.22. The number of amides is 1. The van der Waals surface area contributed by atoms with Crippen LogP contribution in [-0.2, 0) is 0 Å². The third-order valence-corrected chi connectivity index (χ3v) is 3.99. The van der Waals surface area contributed by atoms with Crippen molar-refractivity contribution in [3.05, 3.63) is 47.3 Å². The molecule has 1 aromatic heterocycles. The van der Waals surface area contributed by atoms with E-state index in [0.29, 0.717) is 11.6 Å². The average molecular weight is 310 g/mol. The van der Waals surface area contributed by atoms with Crippen LogP contribution >= 0.6 is 0 Å². The first-order chi connectivity index (χ1) is 11.1. The van der Waals surface area contributed by atoms with Gasteiger partial charge in [0.25, 0.3) is 5.91 Å². The Bertz CT molecular complexity index is 688.